The van der Waals surface area contributed by atoms with Crippen molar-refractivity contribution in [2.75, 3.05) is 39.6 Å². The maximum absolute atomic E-state index is 13.1. The highest BCUT2D eigenvalue weighted by Crippen LogP contribution is 2.45. The van der Waals surface area contributed by atoms with Crippen LogP contribution in [-0.4, -0.2) is 96.7 Å². The van der Waals surface area contributed by atoms with Crippen LogP contribution < -0.4 is 0 Å². The molecule has 0 spiro atoms. The first-order valence-electron chi connectivity index (χ1n) is 45.1. The summed E-state index contributed by atoms with van der Waals surface area (Å²) in [6.45, 7) is 7.38. The number of carbonyl (C=O) groups excluding carboxylic acids is 4. The van der Waals surface area contributed by atoms with Crippen LogP contribution in [0.1, 0.15) is 471 Å². The second-order valence-corrected chi connectivity index (χ2v) is 34.7. The standard InChI is InChI=1S/C87H170O17P2/c1-6-9-12-15-18-21-23-25-27-29-31-32-33-35-41-45-49-53-58-63-68-73-87(92)104-83(77-98-85(90)71-66-61-56-51-47-43-39-37-36-38-42-46-50-54-59-64-69-80(4)5)79-102-106(95,96)100-75-81(88)74-99-105(93,94)101-78-82(76-97-84(89)70-65-60-55-20-17-14-11-8-3)103-86(91)72-67-62-57-52-48-44-40-34-30-28-26-24-22-19-16-13-10-7-2/h80-83,88H,6-79H2,1-5H3,(H,93,94)(H,95,96)/t81-,82+,83+/m0/s1. The van der Waals surface area contributed by atoms with E-state index < -0.39 is 97.5 Å². The average molecular weight is 1550 g/mol. The van der Waals surface area contributed by atoms with Crippen molar-refractivity contribution in [2.24, 2.45) is 5.92 Å². The molecule has 5 atom stereocenters. The summed E-state index contributed by atoms with van der Waals surface area (Å²) >= 11 is 0. The average Bonchev–Trinajstić information content (AvgIpc) is 0.902. The lowest BCUT2D eigenvalue weighted by Crippen LogP contribution is -2.30. The van der Waals surface area contributed by atoms with E-state index in [1.54, 1.807) is 0 Å². The minimum Gasteiger partial charge on any atom is -0.462 e. The molecule has 2 unspecified atom stereocenters. The molecule has 0 saturated heterocycles. The van der Waals surface area contributed by atoms with Crippen LogP contribution >= 0.6 is 15.6 Å². The van der Waals surface area contributed by atoms with E-state index in [1.807, 2.05) is 0 Å². The van der Waals surface area contributed by atoms with Gasteiger partial charge in [-0.15, -0.1) is 0 Å². The zero-order valence-electron chi connectivity index (χ0n) is 69.6. The fraction of sp³-hybridized carbons (Fsp3) is 0.954. The smallest absolute Gasteiger partial charge is 0.462 e. The first-order valence-corrected chi connectivity index (χ1v) is 48.1. The number of carbonyl (C=O) groups is 4. The third kappa shape index (κ3) is 80.1. The number of aliphatic hydroxyl groups excluding tert-OH is 1. The summed E-state index contributed by atoms with van der Waals surface area (Å²) in [5.41, 5.74) is 0. The highest BCUT2D eigenvalue weighted by atomic mass is 31.2. The van der Waals surface area contributed by atoms with Gasteiger partial charge in [-0.25, -0.2) is 9.13 Å². The summed E-state index contributed by atoms with van der Waals surface area (Å²) in [7, 11) is -9.92. The zero-order chi connectivity index (χ0) is 77.6. The topological polar surface area (TPSA) is 237 Å². The molecule has 0 heterocycles. The molecule has 0 fully saturated rings. The summed E-state index contributed by atoms with van der Waals surface area (Å²) in [6.07, 6.45) is 73.8. The molecular weight excluding hydrogens is 1380 g/mol. The highest BCUT2D eigenvalue weighted by Gasteiger charge is 2.30. The van der Waals surface area contributed by atoms with Crippen molar-refractivity contribution in [2.45, 2.75) is 490 Å². The van der Waals surface area contributed by atoms with Gasteiger partial charge >= 0.3 is 39.5 Å². The van der Waals surface area contributed by atoms with Crippen LogP contribution in [0.5, 0.6) is 0 Å². The Kier molecular flexibility index (Phi) is 78.2. The first-order chi connectivity index (χ1) is 51.5. The summed E-state index contributed by atoms with van der Waals surface area (Å²) in [5, 5.41) is 10.7. The van der Waals surface area contributed by atoms with Gasteiger partial charge in [0.15, 0.2) is 12.2 Å². The van der Waals surface area contributed by atoms with Crippen LogP contribution in [0.15, 0.2) is 0 Å². The maximum atomic E-state index is 13.1. The lowest BCUT2D eigenvalue weighted by molar-refractivity contribution is -0.161. The summed E-state index contributed by atoms with van der Waals surface area (Å²) in [5.74, 6) is -1.29. The Balaban J connectivity index is 5.18. The van der Waals surface area contributed by atoms with Crippen molar-refractivity contribution in [1.82, 2.24) is 0 Å². The molecule has 630 valence electrons. The van der Waals surface area contributed by atoms with Gasteiger partial charge in [0, 0.05) is 25.7 Å². The molecular formula is C87H170O17P2. The minimum atomic E-state index is -4.97. The summed E-state index contributed by atoms with van der Waals surface area (Å²) in [4.78, 5) is 73.2. The van der Waals surface area contributed by atoms with Crippen molar-refractivity contribution < 1.29 is 80.2 Å². The van der Waals surface area contributed by atoms with Crippen LogP contribution in [0.3, 0.4) is 0 Å². The van der Waals surface area contributed by atoms with Gasteiger partial charge < -0.3 is 33.8 Å². The van der Waals surface area contributed by atoms with Crippen molar-refractivity contribution in [3.63, 3.8) is 0 Å². The lowest BCUT2D eigenvalue weighted by atomic mass is 10.0. The molecule has 0 aromatic heterocycles. The van der Waals surface area contributed by atoms with Gasteiger partial charge in [0.1, 0.15) is 19.3 Å². The minimum absolute atomic E-state index is 0.109. The highest BCUT2D eigenvalue weighted by molar-refractivity contribution is 7.47. The molecule has 0 aliphatic carbocycles. The Labute approximate surface area is 651 Å². The predicted octanol–water partition coefficient (Wildman–Crippen LogP) is 26.8. The van der Waals surface area contributed by atoms with Crippen LogP contribution in [0, 0.1) is 5.92 Å². The Hall–Kier alpha value is -1.94. The third-order valence-electron chi connectivity index (χ3n) is 20.5. The molecule has 106 heavy (non-hydrogen) atoms. The molecule has 0 aromatic carbocycles. The van der Waals surface area contributed by atoms with Crippen molar-refractivity contribution in [1.29, 1.82) is 0 Å². The molecule has 0 aliphatic rings. The summed E-state index contributed by atoms with van der Waals surface area (Å²) < 4.78 is 68.8. The van der Waals surface area contributed by atoms with Gasteiger partial charge in [0.25, 0.3) is 0 Å². The van der Waals surface area contributed by atoms with E-state index >= 15 is 0 Å². The molecule has 3 N–H and O–H groups in total. The Bertz CT molecular complexity index is 2010. The molecule has 0 radical (unpaired) electrons. The Morgan fingerprint density at radius 1 is 0.255 bits per heavy atom. The van der Waals surface area contributed by atoms with E-state index in [9.17, 15) is 43.2 Å². The molecule has 17 nitrogen and oxygen atoms in total. The molecule has 0 rings (SSSR count). The first kappa shape index (κ1) is 104. The van der Waals surface area contributed by atoms with Crippen LogP contribution in [0.25, 0.3) is 0 Å². The number of hydrogen-bond donors (Lipinski definition) is 3. The Morgan fingerprint density at radius 3 is 0.642 bits per heavy atom. The van der Waals surface area contributed by atoms with Crippen molar-refractivity contribution in [3.05, 3.63) is 0 Å². The van der Waals surface area contributed by atoms with Crippen molar-refractivity contribution in [3.8, 4) is 0 Å². The lowest BCUT2D eigenvalue weighted by Gasteiger charge is -2.21. The third-order valence-corrected chi connectivity index (χ3v) is 22.4. The van der Waals surface area contributed by atoms with E-state index in [0.29, 0.717) is 25.7 Å². The largest absolute Gasteiger partial charge is 0.472 e. The molecule has 19 heteroatoms. The maximum Gasteiger partial charge on any atom is 0.472 e. The van der Waals surface area contributed by atoms with Gasteiger partial charge in [-0.3, -0.25) is 37.3 Å². The fourth-order valence-corrected chi connectivity index (χ4v) is 15.2. The zero-order valence-corrected chi connectivity index (χ0v) is 71.4. The fourth-order valence-electron chi connectivity index (χ4n) is 13.6. The number of unbranched alkanes of at least 4 members (excludes halogenated alkanes) is 59. The predicted molar refractivity (Wildman–Crippen MR) is 437 cm³/mol. The number of aliphatic hydroxyl groups is 1. The molecule has 0 amide bonds. The van der Waals surface area contributed by atoms with Gasteiger partial charge in [0.05, 0.1) is 26.4 Å². The van der Waals surface area contributed by atoms with E-state index in [0.717, 1.165) is 95.8 Å². The van der Waals surface area contributed by atoms with Gasteiger partial charge in [-0.05, 0) is 31.6 Å². The van der Waals surface area contributed by atoms with Gasteiger partial charge in [0.2, 0.25) is 0 Å². The van der Waals surface area contributed by atoms with E-state index in [4.69, 9.17) is 37.0 Å². The quantitative estimate of drug-likeness (QED) is 0.0222. The molecule has 0 aromatic rings. The van der Waals surface area contributed by atoms with E-state index in [2.05, 4.69) is 34.6 Å². The second kappa shape index (κ2) is 79.7. The number of rotatable bonds is 87. The van der Waals surface area contributed by atoms with E-state index in [-0.39, 0.29) is 25.7 Å². The van der Waals surface area contributed by atoms with Crippen LogP contribution in [0.4, 0.5) is 0 Å². The van der Waals surface area contributed by atoms with E-state index in [1.165, 1.54) is 295 Å². The number of esters is 4. The molecule has 0 aliphatic heterocycles. The van der Waals surface area contributed by atoms with Crippen molar-refractivity contribution >= 4 is 39.5 Å². The molecule has 0 bridgehead atoms. The SMILES string of the molecule is CCCCCCCCCCCCCCCCCCCCCCCC(=O)O[C@H](COC(=O)CCCCCCCCCCCCCCCCCCC(C)C)COP(=O)(O)OC[C@@H](O)COP(=O)(O)OC[C@@H](COC(=O)CCCCCCCCCC)OC(=O)CCCCCCCCCCCCCCCCCCCC. The normalized spacial score (nSPS) is 13.7. The number of hydrogen-bond acceptors (Lipinski definition) is 15. The number of phosphoric ester groups is 2. The van der Waals surface area contributed by atoms with Crippen LogP contribution in [-0.2, 0) is 65.4 Å². The molecule has 0 saturated carbocycles. The number of phosphoric acid groups is 2. The Morgan fingerprint density at radius 2 is 0.434 bits per heavy atom. The number of ether oxygens (including phenoxy) is 4. The van der Waals surface area contributed by atoms with Gasteiger partial charge in [-0.2, -0.15) is 0 Å². The second-order valence-electron chi connectivity index (χ2n) is 31.8. The summed E-state index contributed by atoms with van der Waals surface area (Å²) in [6, 6.07) is 0. The van der Waals surface area contributed by atoms with Gasteiger partial charge in [-0.1, -0.05) is 420 Å². The van der Waals surface area contributed by atoms with Crippen LogP contribution in [0.2, 0.25) is 0 Å². The monoisotopic (exact) mass is 1550 g/mol.